The molecule has 0 spiro atoms. The van der Waals surface area contributed by atoms with E-state index in [0.717, 1.165) is 23.1 Å². The summed E-state index contributed by atoms with van der Waals surface area (Å²) in [6.07, 6.45) is 1.92. The molecule has 4 rings (SSSR count). The molecular weight excluding hydrogens is 427 g/mol. The van der Waals surface area contributed by atoms with Gasteiger partial charge in [-0.05, 0) is 48.6 Å². The van der Waals surface area contributed by atoms with Crippen LogP contribution in [0, 0.1) is 5.82 Å². The highest BCUT2D eigenvalue weighted by atomic mass is 19.1. The fourth-order valence-corrected chi connectivity index (χ4v) is 4.84. The van der Waals surface area contributed by atoms with E-state index in [9.17, 15) is 14.0 Å². The zero-order valence-electron chi connectivity index (χ0n) is 18.9. The van der Waals surface area contributed by atoms with Crippen LogP contribution in [0.3, 0.4) is 0 Å². The predicted molar refractivity (Wildman–Crippen MR) is 120 cm³/mol. The molecule has 2 heterocycles. The molecule has 2 aromatic carbocycles. The summed E-state index contributed by atoms with van der Waals surface area (Å²) in [6, 6.07) is 10.8. The van der Waals surface area contributed by atoms with Crippen molar-refractivity contribution < 1.29 is 28.2 Å². The number of amides is 2. The van der Waals surface area contributed by atoms with E-state index in [1.54, 1.807) is 37.3 Å². The molecule has 2 unspecified atom stereocenters. The number of urea groups is 1. The van der Waals surface area contributed by atoms with Gasteiger partial charge in [0, 0.05) is 18.2 Å². The molecule has 2 atom stereocenters. The first kappa shape index (κ1) is 22.6. The third kappa shape index (κ3) is 4.25. The maximum Gasteiger partial charge on any atom is 0.336 e. The Labute approximate surface area is 192 Å². The van der Waals surface area contributed by atoms with Crippen LogP contribution in [0.1, 0.15) is 30.4 Å². The molecule has 2 aromatic rings. The number of rotatable bonds is 6. The lowest BCUT2D eigenvalue weighted by atomic mass is 9.88. The van der Waals surface area contributed by atoms with E-state index < -0.39 is 12.0 Å². The number of methoxy groups -OCH3 is 3. The average molecular weight is 454 g/mol. The molecule has 174 valence electrons. The summed E-state index contributed by atoms with van der Waals surface area (Å²) in [5.74, 6) is 0.326. The molecular formula is C25H27FN2O5. The topological polar surface area (TPSA) is 77.1 Å². The summed E-state index contributed by atoms with van der Waals surface area (Å²) in [7, 11) is 4.47. The van der Waals surface area contributed by atoms with Gasteiger partial charge in [0.1, 0.15) is 5.82 Å². The lowest BCUT2D eigenvalue weighted by Gasteiger charge is -2.37. The summed E-state index contributed by atoms with van der Waals surface area (Å²) in [6.45, 7) is 0.267. The van der Waals surface area contributed by atoms with Gasteiger partial charge in [0.25, 0.3) is 0 Å². The Hall–Kier alpha value is -3.55. The molecule has 33 heavy (non-hydrogen) atoms. The third-order valence-corrected chi connectivity index (χ3v) is 6.33. The number of para-hydroxylation sites is 1. The monoisotopic (exact) mass is 454 g/mol. The quantitative estimate of drug-likeness (QED) is 0.670. The Bertz CT molecular complexity index is 1080. The average Bonchev–Trinajstić information content (AvgIpc) is 3.15. The molecule has 0 aliphatic carbocycles. The standard InChI is InChI=1S/C25H27FN2O5/c1-31-21-6-4-5-18(23(21)32-2)19-13-17-11-12-20(22(19)24(29)33-3)28(17)25(30)27-14-15-7-9-16(26)10-8-15/h4-10,17,20H,11-14H2,1-3H3,(H,27,30). The Kier molecular flexibility index (Phi) is 6.53. The maximum atomic E-state index is 13.2. The number of ether oxygens (including phenoxy) is 3. The van der Waals surface area contributed by atoms with Gasteiger partial charge in [0.2, 0.25) is 0 Å². The number of halogens is 1. The zero-order chi connectivity index (χ0) is 23.5. The van der Waals surface area contributed by atoms with E-state index in [1.807, 2.05) is 12.1 Å². The van der Waals surface area contributed by atoms with Gasteiger partial charge in [0.15, 0.2) is 11.5 Å². The van der Waals surface area contributed by atoms with E-state index in [4.69, 9.17) is 14.2 Å². The second-order valence-corrected chi connectivity index (χ2v) is 8.07. The first-order chi connectivity index (χ1) is 16.0. The van der Waals surface area contributed by atoms with E-state index in [2.05, 4.69) is 5.32 Å². The van der Waals surface area contributed by atoms with Crippen LogP contribution in [0.2, 0.25) is 0 Å². The minimum Gasteiger partial charge on any atom is -0.493 e. The van der Waals surface area contributed by atoms with E-state index >= 15 is 0 Å². The molecule has 2 aliphatic heterocycles. The van der Waals surface area contributed by atoms with Gasteiger partial charge < -0.3 is 24.4 Å². The van der Waals surface area contributed by atoms with Crippen molar-refractivity contribution in [1.82, 2.24) is 10.2 Å². The number of nitrogens with zero attached hydrogens (tertiary/aromatic N) is 1. The normalized spacial score (nSPS) is 19.3. The molecule has 2 aliphatic rings. The fourth-order valence-electron chi connectivity index (χ4n) is 4.84. The number of benzene rings is 2. The molecule has 8 heteroatoms. The maximum absolute atomic E-state index is 13.2. The second-order valence-electron chi connectivity index (χ2n) is 8.07. The van der Waals surface area contributed by atoms with Crippen LogP contribution >= 0.6 is 0 Å². The number of fused-ring (bicyclic) bond motifs is 2. The number of hydrogen-bond donors (Lipinski definition) is 1. The zero-order valence-corrected chi connectivity index (χ0v) is 18.9. The van der Waals surface area contributed by atoms with Crippen molar-refractivity contribution in [1.29, 1.82) is 0 Å². The molecule has 1 fully saturated rings. The Balaban J connectivity index is 1.66. The highest BCUT2D eigenvalue weighted by molar-refractivity contribution is 6.01. The van der Waals surface area contributed by atoms with Crippen molar-refractivity contribution in [3.63, 3.8) is 0 Å². The predicted octanol–water partition coefficient (Wildman–Crippen LogP) is 3.92. The number of nitrogens with one attached hydrogen (secondary N) is 1. The summed E-state index contributed by atoms with van der Waals surface area (Å²) < 4.78 is 29.3. The van der Waals surface area contributed by atoms with Gasteiger partial charge in [-0.15, -0.1) is 0 Å². The van der Waals surface area contributed by atoms with Crippen molar-refractivity contribution in [2.45, 2.75) is 37.9 Å². The van der Waals surface area contributed by atoms with E-state index in [-0.39, 0.29) is 24.4 Å². The molecule has 0 aromatic heterocycles. The smallest absolute Gasteiger partial charge is 0.336 e. The molecule has 2 amide bonds. The molecule has 7 nitrogen and oxygen atoms in total. The van der Waals surface area contributed by atoms with Crippen LogP contribution < -0.4 is 14.8 Å². The Morgan fingerprint density at radius 3 is 2.48 bits per heavy atom. The van der Waals surface area contributed by atoms with E-state index in [1.165, 1.54) is 19.2 Å². The Morgan fingerprint density at radius 1 is 1.06 bits per heavy atom. The van der Waals surface area contributed by atoms with Gasteiger partial charge in [-0.25, -0.2) is 14.0 Å². The summed E-state index contributed by atoms with van der Waals surface area (Å²) in [5.41, 5.74) is 2.84. The van der Waals surface area contributed by atoms with Gasteiger partial charge in [-0.1, -0.05) is 24.3 Å². The van der Waals surface area contributed by atoms with Crippen molar-refractivity contribution in [3.05, 3.63) is 65.0 Å². The number of esters is 1. The first-order valence-corrected chi connectivity index (χ1v) is 10.8. The van der Waals surface area contributed by atoms with Crippen LogP contribution in [-0.4, -0.2) is 50.3 Å². The summed E-state index contributed by atoms with van der Waals surface area (Å²) >= 11 is 0. The molecule has 1 saturated heterocycles. The molecule has 0 radical (unpaired) electrons. The van der Waals surface area contributed by atoms with Crippen LogP contribution in [0.5, 0.6) is 11.5 Å². The third-order valence-electron chi connectivity index (χ3n) is 6.33. The number of carbonyl (C=O) groups is 2. The van der Waals surface area contributed by atoms with E-state index in [0.29, 0.717) is 29.9 Å². The lowest BCUT2D eigenvalue weighted by molar-refractivity contribution is -0.136. The molecule has 2 bridgehead atoms. The van der Waals surface area contributed by atoms with Gasteiger partial charge in [-0.2, -0.15) is 0 Å². The van der Waals surface area contributed by atoms with Crippen LogP contribution in [0.15, 0.2) is 48.0 Å². The minimum absolute atomic E-state index is 0.0671. The van der Waals surface area contributed by atoms with Crippen molar-refractivity contribution in [2.75, 3.05) is 21.3 Å². The first-order valence-electron chi connectivity index (χ1n) is 10.8. The minimum atomic E-state index is -0.462. The highest BCUT2D eigenvalue weighted by Gasteiger charge is 2.47. The molecule has 0 saturated carbocycles. The van der Waals surface area contributed by atoms with Crippen LogP contribution in [-0.2, 0) is 16.1 Å². The SMILES string of the molecule is COC(=O)C1=C(c2cccc(OC)c2OC)CC2CCC1N2C(=O)NCc1ccc(F)cc1. The fraction of sp³-hybridized carbons (Fsp3) is 0.360. The van der Waals surface area contributed by atoms with Crippen molar-refractivity contribution in [3.8, 4) is 11.5 Å². The van der Waals surface area contributed by atoms with Crippen LogP contribution in [0.4, 0.5) is 9.18 Å². The van der Waals surface area contributed by atoms with Crippen molar-refractivity contribution >= 4 is 17.6 Å². The number of carbonyl (C=O) groups excluding carboxylic acids is 2. The van der Waals surface area contributed by atoms with Gasteiger partial charge in [-0.3, -0.25) is 0 Å². The van der Waals surface area contributed by atoms with Crippen molar-refractivity contribution in [2.24, 2.45) is 0 Å². The summed E-state index contributed by atoms with van der Waals surface area (Å²) in [4.78, 5) is 27.8. The van der Waals surface area contributed by atoms with Gasteiger partial charge in [0.05, 0.1) is 32.9 Å². The van der Waals surface area contributed by atoms with Gasteiger partial charge >= 0.3 is 12.0 Å². The molecule has 1 N–H and O–H groups in total. The highest BCUT2D eigenvalue weighted by Crippen LogP contribution is 2.47. The van der Waals surface area contributed by atoms with Crippen LogP contribution in [0.25, 0.3) is 5.57 Å². The largest absolute Gasteiger partial charge is 0.493 e. The Morgan fingerprint density at radius 2 is 1.82 bits per heavy atom. The second kappa shape index (κ2) is 9.52. The lowest BCUT2D eigenvalue weighted by Crippen LogP contribution is -2.50. The summed E-state index contributed by atoms with van der Waals surface area (Å²) in [5, 5.41) is 2.91. The number of hydrogen-bond acceptors (Lipinski definition) is 5.